The second-order valence-corrected chi connectivity index (χ2v) is 14.7. The Balaban J connectivity index is 0.000000216. The number of ether oxygens (including phenoxy) is 1. The van der Waals surface area contributed by atoms with Crippen LogP contribution in [-0.4, -0.2) is 76.6 Å². The minimum Gasteiger partial charge on any atom is -0.496 e. The number of nitrogens with zero attached hydrogens (tertiary/aromatic N) is 6. The molecule has 1 aromatic carbocycles. The molecule has 6 rings (SSSR count). The lowest BCUT2D eigenvalue weighted by Crippen LogP contribution is -2.29. The molecule has 47 heavy (non-hydrogen) atoms. The predicted octanol–water partition coefficient (Wildman–Crippen LogP) is 6.39. The van der Waals surface area contributed by atoms with Gasteiger partial charge in [-0.15, -0.1) is 0 Å². The summed E-state index contributed by atoms with van der Waals surface area (Å²) in [4.78, 5) is 21.2. The largest absolute Gasteiger partial charge is 0.496 e. The maximum absolute atomic E-state index is 12.5. The van der Waals surface area contributed by atoms with Crippen molar-refractivity contribution in [3.8, 4) is 17.0 Å². The first-order valence-corrected chi connectivity index (χ1v) is 16.8. The number of anilines is 2. The van der Waals surface area contributed by atoms with E-state index >= 15 is 0 Å². The van der Waals surface area contributed by atoms with Crippen LogP contribution in [0.5, 0.6) is 5.75 Å². The first-order valence-electron chi connectivity index (χ1n) is 15.0. The monoisotopic (exact) mass is 794 g/mol. The molecular formula is C32H37Cl2IN8O4. The van der Waals surface area contributed by atoms with Crippen LogP contribution in [0.25, 0.3) is 22.6 Å². The zero-order valence-electron chi connectivity index (χ0n) is 26.7. The number of hydrogen-bond donors (Lipinski definition) is 4. The third-order valence-corrected chi connectivity index (χ3v) is 8.33. The number of hydrogen-bond acceptors (Lipinski definition) is 10. The molecule has 0 spiro atoms. The van der Waals surface area contributed by atoms with Crippen molar-refractivity contribution in [3.05, 3.63) is 62.3 Å². The number of fused-ring (bicyclic) bond motifs is 2. The number of ketones is 1. The van der Waals surface area contributed by atoms with Gasteiger partial charge < -0.3 is 25.6 Å². The van der Waals surface area contributed by atoms with Gasteiger partial charge in [-0.05, 0) is 81.2 Å². The molecule has 4 N–H and O–H groups in total. The number of benzene rings is 1. The average Bonchev–Trinajstić information content (AvgIpc) is 3.60. The Morgan fingerprint density at radius 3 is 2.04 bits per heavy atom. The third kappa shape index (κ3) is 9.02. The number of nitrogens with one attached hydrogen (secondary N) is 2. The molecule has 0 bridgehead atoms. The molecule has 4 heterocycles. The summed E-state index contributed by atoms with van der Waals surface area (Å²) < 4.78 is 9.76. The molecule has 15 heteroatoms. The van der Waals surface area contributed by atoms with E-state index in [2.05, 4.69) is 53.4 Å². The zero-order valence-corrected chi connectivity index (χ0v) is 30.4. The van der Waals surface area contributed by atoms with Crippen LogP contribution >= 0.6 is 45.8 Å². The summed E-state index contributed by atoms with van der Waals surface area (Å²) >= 11 is 14.3. The summed E-state index contributed by atoms with van der Waals surface area (Å²) in [6.45, 7) is 7.63. The van der Waals surface area contributed by atoms with Gasteiger partial charge in [-0.2, -0.15) is 10.2 Å². The smallest absolute Gasteiger partial charge is 0.178 e. The summed E-state index contributed by atoms with van der Waals surface area (Å²) in [5, 5.41) is 35.2. The SMILES string of the molecule is CC(C)(O)CNc1cc(Cl)nn2c(I)cnc12.COc1cc(C(=O)CC2CC2)ccc1-c1cnc2c(NCC(C)(C)O)cc(Cl)nn12. The number of rotatable bonds is 11. The van der Waals surface area contributed by atoms with Crippen LogP contribution in [0.2, 0.25) is 10.3 Å². The van der Waals surface area contributed by atoms with E-state index < -0.39 is 11.2 Å². The number of halogens is 3. The lowest BCUT2D eigenvalue weighted by Gasteiger charge is -2.19. The molecule has 0 unspecified atom stereocenters. The number of methoxy groups -OCH3 is 1. The number of imidazole rings is 2. The highest BCUT2D eigenvalue weighted by Crippen LogP contribution is 2.36. The van der Waals surface area contributed by atoms with Crippen molar-refractivity contribution >= 4 is 74.2 Å². The molecule has 0 aliphatic heterocycles. The van der Waals surface area contributed by atoms with Gasteiger partial charge in [0.05, 0.1) is 47.8 Å². The molecule has 1 aliphatic rings. The molecule has 1 fully saturated rings. The maximum atomic E-state index is 12.5. The number of carbonyl (C=O) groups excluding carboxylic acids is 1. The van der Waals surface area contributed by atoms with E-state index in [1.807, 2.05) is 12.1 Å². The van der Waals surface area contributed by atoms with Gasteiger partial charge in [-0.25, -0.2) is 19.0 Å². The molecule has 0 atom stereocenters. The zero-order chi connectivity index (χ0) is 34.1. The van der Waals surface area contributed by atoms with E-state index in [1.54, 1.807) is 74.4 Å². The molecule has 1 aliphatic carbocycles. The highest BCUT2D eigenvalue weighted by atomic mass is 127. The second kappa shape index (κ2) is 14.1. The van der Waals surface area contributed by atoms with Crippen molar-refractivity contribution < 1.29 is 19.7 Å². The van der Waals surface area contributed by atoms with Crippen molar-refractivity contribution in [1.82, 2.24) is 29.2 Å². The molecular weight excluding hydrogens is 758 g/mol. The van der Waals surface area contributed by atoms with Gasteiger partial charge in [0.25, 0.3) is 0 Å². The van der Waals surface area contributed by atoms with Crippen LogP contribution in [0.15, 0.2) is 42.7 Å². The van der Waals surface area contributed by atoms with Crippen LogP contribution in [0.4, 0.5) is 11.4 Å². The van der Waals surface area contributed by atoms with Crippen LogP contribution < -0.4 is 15.4 Å². The molecule has 250 valence electrons. The number of aliphatic hydroxyl groups is 2. The number of aromatic nitrogens is 6. The predicted molar refractivity (Wildman–Crippen MR) is 192 cm³/mol. The van der Waals surface area contributed by atoms with Gasteiger partial charge in [-0.3, -0.25) is 4.79 Å². The summed E-state index contributed by atoms with van der Waals surface area (Å²) in [5.74, 6) is 1.24. The van der Waals surface area contributed by atoms with Crippen molar-refractivity contribution in [1.29, 1.82) is 0 Å². The van der Waals surface area contributed by atoms with Gasteiger partial charge in [0.2, 0.25) is 0 Å². The Morgan fingerprint density at radius 2 is 1.49 bits per heavy atom. The van der Waals surface area contributed by atoms with Crippen molar-refractivity contribution in [2.75, 3.05) is 30.8 Å². The van der Waals surface area contributed by atoms with Crippen LogP contribution in [0, 0.1) is 9.62 Å². The fourth-order valence-electron chi connectivity index (χ4n) is 4.70. The summed E-state index contributed by atoms with van der Waals surface area (Å²) in [6, 6.07) is 8.83. The molecule has 0 radical (unpaired) electrons. The van der Waals surface area contributed by atoms with Gasteiger partial charge in [-0.1, -0.05) is 29.3 Å². The van der Waals surface area contributed by atoms with Crippen LogP contribution in [-0.2, 0) is 0 Å². The van der Waals surface area contributed by atoms with Gasteiger partial charge >= 0.3 is 0 Å². The summed E-state index contributed by atoms with van der Waals surface area (Å²) in [5.41, 5.74) is 3.11. The number of Topliss-reactive ketones (excluding diaryl/α,β-unsaturated/α-hetero) is 1. The van der Waals surface area contributed by atoms with E-state index in [-0.39, 0.29) is 10.9 Å². The maximum Gasteiger partial charge on any atom is 0.178 e. The minimum absolute atomic E-state index is 0.139. The Morgan fingerprint density at radius 1 is 0.936 bits per heavy atom. The van der Waals surface area contributed by atoms with Gasteiger partial charge in [0.15, 0.2) is 27.4 Å². The van der Waals surface area contributed by atoms with E-state index in [0.29, 0.717) is 64.6 Å². The Labute approximate surface area is 296 Å². The lowest BCUT2D eigenvalue weighted by atomic mass is 10.0. The van der Waals surface area contributed by atoms with Crippen LogP contribution in [0.3, 0.4) is 0 Å². The molecule has 0 amide bonds. The number of carbonyl (C=O) groups is 1. The normalized spacial score (nSPS) is 13.4. The van der Waals surface area contributed by atoms with Gasteiger partial charge in [0, 0.05) is 42.8 Å². The lowest BCUT2D eigenvalue weighted by molar-refractivity contribution is 0.0939. The van der Waals surface area contributed by atoms with E-state index in [0.717, 1.165) is 27.8 Å². The summed E-state index contributed by atoms with van der Waals surface area (Å²) in [6.07, 6.45) is 6.27. The fourth-order valence-corrected chi connectivity index (χ4v) is 5.54. The molecule has 4 aromatic heterocycles. The Bertz CT molecular complexity index is 1910. The molecule has 1 saturated carbocycles. The van der Waals surface area contributed by atoms with Gasteiger partial charge in [0.1, 0.15) is 9.45 Å². The van der Waals surface area contributed by atoms with E-state index in [4.69, 9.17) is 27.9 Å². The molecule has 12 nitrogen and oxygen atoms in total. The summed E-state index contributed by atoms with van der Waals surface area (Å²) in [7, 11) is 1.58. The minimum atomic E-state index is -0.895. The molecule has 0 saturated heterocycles. The first kappa shape index (κ1) is 35.1. The Kier molecular flexibility index (Phi) is 10.5. The average molecular weight is 796 g/mol. The Hall–Kier alpha value is -3.24. The fraction of sp³-hybridized carbons (Fsp3) is 0.406. The molecule has 5 aromatic rings. The first-order chi connectivity index (χ1) is 22.1. The van der Waals surface area contributed by atoms with E-state index in [1.165, 1.54) is 0 Å². The van der Waals surface area contributed by atoms with Crippen molar-refractivity contribution in [2.24, 2.45) is 5.92 Å². The van der Waals surface area contributed by atoms with E-state index in [9.17, 15) is 15.0 Å². The third-order valence-electron chi connectivity index (χ3n) is 7.23. The van der Waals surface area contributed by atoms with Crippen molar-refractivity contribution in [3.63, 3.8) is 0 Å². The second-order valence-electron chi connectivity index (χ2n) is 12.8. The highest BCUT2D eigenvalue weighted by molar-refractivity contribution is 14.1. The van der Waals surface area contributed by atoms with Crippen molar-refractivity contribution in [2.45, 2.75) is 58.2 Å². The van der Waals surface area contributed by atoms with Crippen LogP contribution in [0.1, 0.15) is 57.3 Å². The standard InChI is InChI=1S/C22H25ClN4O3.C10H12ClIN4O/c1-22(2,29)12-25-16-10-20(23)26-27-17(11-24-21(16)27)15-7-6-14(9-19(15)30-3)18(28)8-13-4-5-13;1-10(2,17)5-14-6-3-7(11)15-16-8(12)4-13-9(6)16/h6-7,9-11,13,25,29H,4-5,8,12H2,1-3H3;3-4,14,17H,5H2,1-2H3. The topological polar surface area (TPSA) is 151 Å². The highest BCUT2D eigenvalue weighted by Gasteiger charge is 2.26. The quantitative estimate of drug-likeness (QED) is 0.0875.